The Labute approximate surface area is 112 Å². The number of benzene rings is 1. The molecule has 0 spiro atoms. The smallest absolute Gasteiger partial charge is 0.131 e. The normalized spacial score (nSPS) is 13.6. The topological polar surface area (TPSA) is 47.0 Å². The van der Waals surface area contributed by atoms with Crippen LogP contribution in [0.4, 0.5) is 5.82 Å². The van der Waals surface area contributed by atoms with Crippen molar-refractivity contribution < 1.29 is 4.74 Å². The highest BCUT2D eigenvalue weighted by molar-refractivity contribution is 5.71. The highest BCUT2D eigenvalue weighted by Gasteiger charge is 2.16. The Morgan fingerprint density at radius 1 is 1.26 bits per heavy atom. The summed E-state index contributed by atoms with van der Waals surface area (Å²) in [7, 11) is 1.86. The molecule has 0 saturated heterocycles. The van der Waals surface area contributed by atoms with Gasteiger partial charge in [0.2, 0.25) is 0 Å². The number of nitrogens with one attached hydrogen (secondary N) is 1. The second-order valence-electron chi connectivity index (χ2n) is 4.68. The van der Waals surface area contributed by atoms with Gasteiger partial charge in [0.15, 0.2) is 0 Å². The molecule has 4 nitrogen and oxygen atoms in total. The summed E-state index contributed by atoms with van der Waals surface area (Å²) in [5.41, 5.74) is 3.24. The fourth-order valence-corrected chi connectivity index (χ4v) is 2.42. The average molecular weight is 255 g/mol. The van der Waals surface area contributed by atoms with Gasteiger partial charge in [0.1, 0.15) is 17.4 Å². The maximum atomic E-state index is 5.84. The Hall–Kier alpha value is -2.10. The van der Waals surface area contributed by atoms with E-state index in [4.69, 9.17) is 4.74 Å². The van der Waals surface area contributed by atoms with Gasteiger partial charge >= 0.3 is 0 Å². The molecule has 0 atom stereocenters. The van der Waals surface area contributed by atoms with Gasteiger partial charge in [-0.2, -0.15) is 0 Å². The fourth-order valence-electron chi connectivity index (χ4n) is 2.42. The average Bonchev–Trinajstić information content (AvgIpc) is 2.46. The van der Waals surface area contributed by atoms with Crippen molar-refractivity contribution >= 4 is 5.82 Å². The van der Waals surface area contributed by atoms with Gasteiger partial charge in [-0.05, 0) is 31.4 Å². The third-order valence-electron chi connectivity index (χ3n) is 3.30. The molecule has 1 aliphatic heterocycles. The minimum absolute atomic E-state index is 0.760. The van der Waals surface area contributed by atoms with E-state index in [0.29, 0.717) is 0 Å². The molecular weight excluding hydrogens is 238 g/mol. The van der Waals surface area contributed by atoms with Crippen molar-refractivity contribution in [1.82, 2.24) is 9.97 Å². The van der Waals surface area contributed by atoms with Crippen molar-refractivity contribution in [2.24, 2.45) is 0 Å². The molecule has 0 fully saturated rings. The van der Waals surface area contributed by atoms with E-state index in [-0.39, 0.29) is 0 Å². The van der Waals surface area contributed by atoms with Crippen molar-refractivity contribution in [3.05, 3.63) is 35.7 Å². The van der Waals surface area contributed by atoms with Crippen molar-refractivity contribution in [1.29, 1.82) is 0 Å². The molecule has 4 heteroatoms. The first kappa shape index (κ1) is 12.0. The zero-order valence-corrected chi connectivity index (χ0v) is 11.2. The molecule has 2 aromatic rings. The number of aryl methyl sites for hydroxylation is 2. The van der Waals surface area contributed by atoms with Crippen molar-refractivity contribution in [2.75, 3.05) is 19.0 Å². The minimum atomic E-state index is 0.760. The van der Waals surface area contributed by atoms with Crippen LogP contribution < -0.4 is 10.1 Å². The summed E-state index contributed by atoms with van der Waals surface area (Å²) >= 11 is 0. The van der Waals surface area contributed by atoms with E-state index in [1.54, 1.807) is 0 Å². The van der Waals surface area contributed by atoms with Crippen LogP contribution >= 0.6 is 0 Å². The summed E-state index contributed by atoms with van der Waals surface area (Å²) in [4.78, 5) is 8.86. The number of anilines is 1. The molecule has 0 bridgehead atoms. The first-order chi connectivity index (χ1) is 9.28. The summed E-state index contributed by atoms with van der Waals surface area (Å²) < 4.78 is 5.84. The van der Waals surface area contributed by atoms with Gasteiger partial charge in [0.05, 0.1) is 12.3 Å². The second kappa shape index (κ2) is 4.88. The zero-order valence-electron chi connectivity index (χ0n) is 11.2. The van der Waals surface area contributed by atoms with Crippen molar-refractivity contribution in [3.63, 3.8) is 0 Å². The van der Waals surface area contributed by atoms with Crippen molar-refractivity contribution in [2.45, 2.75) is 19.8 Å². The van der Waals surface area contributed by atoms with Crippen LogP contribution in [0.2, 0.25) is 0 Å². The summed E-state index contributed by atoms with van der Waals surface area (Å²) in [5, 5.41) is 3.07. The fraction of sp³-hybridized carbons (Fsp3) is 0.333. The molecule has 1 N–H and O–H groups in total. The third-order valence-corrected chi connectivity index (χ3v) is 3.30. The van der Waals surface area contributed by atoms with E-state index in [1.165, 1.54) is 5.56 Å². The highest BCUT2D eigenvalue weighted by atomic mass is 16.5. The van der Waals surface area contributed by atoms with Gasteiger partial charge < -0.3 is 10.1 Å². The summed E-state index contributed by atoms with van der Waals surface area (Å²) in [6, 6.07) is 8.22. The number of para-hydroxylation sites is 1. The maximum absolute atomic E-state index is 5.84. The Morgan fingerprint density at radius 3 is 3.00 bits per heavy atom. The Kier molecular flexibility index (Phi) is 3.07. The molecule has 2 heterocycles. The van der Waals surface area contributed by atoms with Gasteiger partial charge in [-0.25, -0.2) is 9.97 Å². The number of ether oxygens (including phenoxy) is 1. The molecule has 0 amide bonds. The van der Waals surface area contributed by atoms with Crippen LogP contribution in [0.15, 0.2) is 24.3 Å². The Balaban J connectivity index is 2.14. The zero-order chi connectivity index (χ0) is 13.2. The summed E-state index contributed by atoms with van der Waals surface area (Å²) in [6.07, 6.45) is 2.16. The summed E-state index contributed by atoms with van der Waals surface area (Å²) in [5.74, 6) is 2.57. The molecule has 0 saturated carbocycles. The first-order valence-corrected chi connectivity index (χ1v) is 6.56. The van der Waals surface area contributed by atoms with Crippen LogP contribution in [-0.4, -0.2) is 23.6 Å². The molecule has 1 aromatic carbocycles. The number of hydrogen-bond donors (Lipinski definition) is 1. The van der Waals surface area contributed by atoms with Gasteiger partial charge in [-0.3, -0.25) is 0 Å². The van der Waals surface area contributed by atoms with Crippen LogP contribution in [-0.2, 0) is 6.42 Å². The van der Waals surface area contributed by atoms with E-state index < -0.39 is 0 Å². The van der Waals surface area contributed by atoms with Crippen LogP contribution in [0.25, 0.3) is 11.3 Å². The van der Waals surface area contributed by atoms with Crippen LogP contribution in [0, 0.1) is 6.92 Å². The SMILES string of the molecule is CNc1cc(-c2cccc3c2OCCC3)nc(C)n1. The lowest BCUT2D eigenvalue weighted by Gasteiger charge is -2.20. The highest BCUT2D eigenvalue weighted by Crippen LogP contribution is 2.35. The lowest BCUT2D eigenvalue weighted by atomic mass is 10.0. The van der Waals surface area contributed by atoms with E-state index >= 15 is 0 Å². The van der Waals surface area contributed by atoms with Gasteiger partial charge in [0, 0.05) is 18.7 Å². The van der Waals surface area contributed by atoms with Crippen LogP contribution in [0.3, 0.4) is 0 Å². The monoisotopic (exact) mass is 255 g/mol. The Morgan fingerprint density at radius 2 is 2.16 bits per heavy atom. The lowest BCUT2D eigenvalue weighted by molar-refractivity contribution is 0.289. The molecule has 1 aromatic heterocycles. The quantitative estimate of drug-likeness (QED) is 0.896. The molecule has 1 aliphatic rings. The Bertz CT molecular complexity index is 610. The number of fused-ring (bicyclic) bond motifs is 1. The van der Waals surface area contributed by atoms with E-state index in [0.717, 1.165) is 48.1 Å². The molecule has 0 unspecified atom stereocenters. The summed E-state index contributed by atoms with van der Waals surface area (Å²) in [6.45, 7) is 2.69. The van der Waals surface area contributed by atoms with E-state index in [9.17, 15) is 0 Å². The molecule has 0 aliphatic carbocycles. The number of nitrogens with zero attached hydrogens (tertiary/aromatic N) is 2. The number of hydrogen-bond acceptors (Lipinski definition) is 4. The van der Waals surface area contributed by atoms with Crippen LogP contribution in [0.5, 0.6) is 5.75 Å². The molecule has 3 rings (SSSR count). The van der Waals surface area contributed by atoms with Crippen LogP contribution in [0.1, 0.15) is 17.8 Å². The van der Waals surface area contributed by atoms with Gasteiger partial charge in [0.25, 0.3) is 0 Å². The largest absolute Gasteiger partial charge is 0.493 e. The standard InChI is InChI=1S/C15H17N3O/c1-10-17-13(9-14(16-2)18-10)12-7-3-5-11-6-4-8-19-15(11)12/h3,5,7,9H,4,6,8H2,1-2H3,(H,16,17,18). The first-order valence-electron chi connectivity index (χ1n) is 6.56. The molecular formula is C15H17N3O. The van der Waals surface area contributed by atoms with Crippen molar-refractivity contribution in [3.8, 4) is 17.0 Å². The van der Waals surface area contributed by atoms with Gasteiger partial charge in [-0.15, -0.1) is 0 Å². The predicted molar refractivity (Wildman–Crippen MR) is 75.6 cm³/mol. The second-order valence-corrected chi connectivity index (χ2v) is 4.68. The number of rotatable bonds is 2. The van der Waals surface area contributed by atoms with Gasteiger partial charge in [-0.1, -0.05) is 12.1 Å². The molecule has 19 heavy (non-hydrogen) atoms. The third kappa shape index (κ3) is 2.26. The molecule has 98 valence electrons. The predicted octanol–water partition coefficient (Wildman–Crippen LogP) is 2.82. The maximum Gasteiger partial charge on any atom is 0.131 e. The lowest BCUT2D eigenvalue weighted by Crippen LogP contribution is -2.09. The van der Waals surface area contributed by atoms with E-state index in [2.05, 4.69) is 33.5 Å². The minimum Gasteiger partial charge on any atom is -0.493 e. The molecule has 0 radical (unpaired) electrons. The number of aromatic nitrogens is 2. The van der Waals surface area contributed by atoms with E-state index in [1.807, 2.05) is 20.0 Å².